The smallest absolute Gasteiger partial charge is 0.0606 e. The molecule has 0 radical (unpaired) electrons. The van der Waals surface area contributed by atoms with Crippen LogP contribution in [0, 0.1) is 0 Å². The van der Waals surface area contributed by atoms with Crippen molar-refractivity contribution in [2.75, 3.05) is 30.4 Å². The summed E-state index contributed by atoms with van der Waals surface area (Å²) in [6.07, 6.45) is 4.95. The second-order valence-corrected chi connectivity index (χ2v) is 5.24. The van der Waals surface area contributed by atoms with Gasteiger partial charge >= 0.3 is 0 Å². The first-order chi connectivity index (χ1) is 10.1. The molecule has 2 N–H and O–H groups in total. The second-order valence-electron chi connectivity index (χ2n) is 5.24. The van der Waals surface area contributed by atoms with Gasteiger partial charge in [-0.1, -0.05) is 6.92 Å². The molecule has 21 heavy (non-hydrogen) atoms. The molecule has 1 unspecified atom stereocenters. The van der Waals surface area contributed by atoms with E-state index in [0.717, 1.165) is 17.8 Å². The van der Waals surface area contributed by atoms with E-state index in [4.69, 9.17) is 5.11 Å². The van der Waals surface area contributed by atoms with Crippen LogP contribution in [-0.2, 0) is 7.05 Å². The first-order valence-corrected chi connectivity index (χ1v) is 7.31. The van der Waals surface area contributed by atoms with Crippen LogP contribution >= 0.6 is 0 Å². The highest BCUT2D eigenvalue weighted by atomic mass is 16.3. The molecule has 0 saturated heterocycles. The van der Waals surface area contributed by atoms with Crippen molar-refractivity contribution in [1.29, 1.82) is 0 Å². The summed E-state index contributed by atoms with van der Waals surface area (Å²) in [5, 5.41) is 16.7. The molecule has 1 aromatic carbocycles. The van der Waals surface area contributed by atoms with Crippen LogP contribution in [0.4, 0.5) is 11.4 Å². The number of rotatable bonds is 7. The van der Waals surface area contributed by atoms with Crippen molar-refractivity contribution < 1.29 is 5.11 Å². The van der Waals surface area contributed by atoms with E-state index in [1.807, 2.05) is 36.1 Å². The highest BCUT2D eigenvalue weighted by Gasteiger charge is 2.11. The molecule has 0 saturated carbocycles. The molecule has 1 atom stereocenters. The van der Waals surface area contributed by atoms with E-state index >= 15 is 0 Å². The summed E-state index contributed by atoms with van der Waals surface area (Å²) in [6, 6.07) is 8.53. The van der Waals surface area contributed by atoms with Crippen molar-refractivity contribution in [2.24, 2.45) is 7.05 Å². The average molecular weight is 288 g/mol. The minimum Gasteiger partial charge on any atom is -0.395 e. The molecular weight excluding hydrogens is 264 g/mol. The third-order valence-electron chi connectivity index (χ3n) is 3.62. The highest BCUT2D eigenvalue weighted by molar-refractivity contribution is 5.55. The summed E-state index contributed by atoms with van der Waals surface area (Å²) in [7, 11) is 3.91. The van der Waals surface area contributed by atoms with Crippen LogP contribution < -0.4 is 10.2 Å². The van der Waals surface area contributed by atoms with Crippen LogP contribution in [0.3, 0.4) is 0 Å². The number of benzene rings is 1. The topological polar surface area (TPSA) is 53.3 Å². The van der Waals surface area contributed by atoms with E-state index in [-0.39, 0.29) is 12.6 Å². The fourth-order valence-corrected chi connectivity index (χ4v) is 2.33. The molecule has 0 aliphatic heterocycles. The minimum absolute atomic E-state index is 0.162. The quantitative estimate of drug-likeness (QED) is 0.821. The maximum atomic E-state index is 8.97. The van der Waals surface area contributed by atoms with E-state index in [0.29, 0.717) is 6.54 Å². The summed E-state index contributed by atoms with van der Waals surface area (Å²) < 4.78 is 1.83. The molecule has 0 bridgehead atoms. The number of aliphatic hydroxyl groups is 1. The van der Waals surface area contributed by atoms with E-state index in [2.05, 4.69) is 41.6 Å². The van der Waals surface area contributed by atoms with Crippen molar-refractivity contribution in [2.45, 2.75) is 19.4 Å². The SMILES string of the molecule is CCC(Nc1ccc(N(C)CCO)cc1)c1cnn(C)c1. The number of aliphatic hydroxyl groups excluding tert-OH is 1. The fourth-order valence-electron chi connectivity index (χ4n) is 2.33. The van der Waals surface area contributed by atoms with Gasteiger partial charge in [-0.3, -0.25) is 4.68 Å². The molecule has 0 amide bonds. The molecule has 0 aliphatic carbocycles. The Labute approximate surface area is 126 Å². The number of nitrogens with zero attached hydrogens (tertiary/aromatic N) is 3. The van der Waals surface area contributed by atoms with Crippen molar-refractivity contribution in [3.05, 3.63) is 42.2 Å². The highest BCUT2D eigenvalue weighted by Crippen LogP contribution is 2.24. The predicted molar refractivity (Wildman–Crippen MR) is 86.7 cm³/mol. The molecule has 2 aromatic rings. The molecule has 1 heterocycles. The zero-order valence-corrected chi connectivity index (χ0v) is 13.0. The number of hydrogen-bond donors (Lipinski definition) is 2. The van der Waals surface area contributed by atoms with Gasteiger partial charge in [0, 0.05) is 43.8 Å². The van der Waals surface area contributed by atoms with Crippen LogP contribution in [0.15, 0.2) is 36.7 Å². The number of nitrogens with one attached hydrogen (secondary N) is 1. The Morgan fingerprint density at radius 3 is 2.57 bits per heavy atom. The molecule has 0 fully saturated rings. The van der Waals surface area contributed by atoms with Crippen molar-refractivity contribution in [3.8, 4) is 0 Å². The standard InChI is InChI=1S/C16H24N4O/c1-4-16(13-11-17-20(3)12-13)18-14-5-7-15(8-6-14)19(2)9-10-21/h5-8,11-12,16,18,21H,4,9-10H2,1-3H3. The Kier molecular flexibility index (Phi) is 5.22. The van der Waals surface area contributed by atoms with Gasteiger partial charge in [0.1, 0.15) is 0 Å². The third kappa shape index (κ3) is 3.98. The summed E-state index contributed by atoms with van der Waals surface area (Å²) in [6.45, 7) is 2.96. The molecule has 1 aromatic heterocycles. The van der Waals surface area contributed by atoms with Crippen LogP contribution in [0.1, 0.15) is 24.9 Å². The second kappa shape index (κ2) is 7.13. The minimum atomic E-state index is 0.162. The molecule has 5 nitrogen and oxygen atoms in total. The van der Waals surface area contributed by atoms with Crippen molar-refractivity contribution >= 4 is 11.4 Å². The van der Waals surface area contributed by atoms with E-state index in [9.17, 15) is 0 Å². The van der Waals surface area contributed by atoms with Gasteiger partial charge in [0.15, 0.2) is 0 Å². The lowest BCUT2D eigenvalue weighted by molar-refractivity contribution is 0.304. The third-order valence-corrected chi connectivity index (χ3v) is 3.62. The number of aryl methyl sites for hydroxylation is 1. The van der Waals surface area contributed by atoms with Crippen LogP contribution in [0.5, 0.6) is 0 Å². The zero-order valence-electron chi connectivity index (χ0n) is 13.0. The van der Waals surface area contributed by atoms with E-state index in [1.165, 1.54) is 5.56 Å². The zero-order chi connectivity index (χ0) is 15.2. The lowest BCUT2D eigenvalue weighted by atomic mass is 10.1. The Bertz CT molecular complexity index is 550. The van der Waals surface area contributed by atoms with Crippen LogP contribution in [0.2, 0.25) is 0 Å². The lowest BCUT2D eigenvalue weighted by Crippen LogP contribution is -2.20. The number of hydrogen-bond acceptors (Lipinski definition) is 4. The van der Waals surface area contributed by atoms with Gasteiger partial charge in [-0.05, 0) is 30.7 Å². The normalized spacial score (nSPS) is 12.2. The molecule has 0 spiro atoms. The van der Waals surface area contributed by atoms with Gasteiger partial charge in [0.25, 0.3) is 0 Å². The molecule has 2 rings (SSSR count). The van der Waals surface area contributed by atoms with Crippen LogP contribution in [-0.4, -0.2) is 35.1 Å². The summed E-state index contributed by atoms with van der Waals surface area (Å²) in [5.41, 5.74) is 3.39. The molecule has 114 valence electrons. The number of aromatic nitrogens is 2. The maximum absolute atomic E-state index is 8.97. The summed E-state index contributed by atoms with van der Waals surface area (Å²) in [4.78, 5) is 2.03. The van der Waals surface area contributed by atoms with Gasteiger partial charge in [0.2, 0.25) is 0 Å². The molecule has 5 heteroatoms. The lowest BCUT2D eigenvalue weighted by Gasteiger charge is -2.20. The van der Waals surface area contributed by atoms with Gasteiger partial charge in [-0.2, -0.15) is 5.10 Å². The van der Waals surface area contributed by atoms with Crippen molar-refractivity contribution in [1.82, 2.24) is 9.78 Å². The Morgan fingerprint density at radius 2 is 2.05 bits per heavy atom. The van der Waals surface area contributed by atoms with Gasteiger partial charge in [-0.15, -0.1) is 0 Å². The largest absolute Gasteiger partial charge is 0.395 e. The van der Waals surface area contributed by atoms with Gasteiger partial charge in [-0.25, -0.2) is 0 Å². The monoisotopic (exact) mass is 288 g/mol. The fraction of sp³-hybridized carbons (Fsp3) is 0.438. The average Bonchev–Trinajstić information content (AvgIpc) is 2.92. The Morgan fingerprint density at radius 1 is 1.33 bits per heavy atom. The van der Waals surface area contributed by atoms with Crippen LogP contribution in [0.25, 0.3) is 0 Å². The summed E-state index contributed by atoms with van der Waals surface area (Å²) >= 11 is 0. The number of likely N-dealkylation sites (N-methyl/N-ethyl adjacent to an activating group) is 1. The van der Waals surface area contributed by atoms with Gasteiger partial charge < -0.3 is 15.3 Å². The first kappa shape index (κ1) is 15.4. The predicted octanol–water partition coefficient (Wildman–Crippen LogP) is 2.41. The Balaban J connectivity index is 2.05. The Hall–Kier alpha value is -2.01. The summed E-state index contributed by atoms with van der Waals surface area (Å²) in [5.74, 6) is 0. The van der Waals surface area contributed by atoms with Gasteiger partial charge in [0.05, 0.1) is 18.8 Å². The number of anilines is 2. The van der Waals surface area contributed by atoms with E-state index < -0.39 is 0 Å². The molecular formula is C16H24N4O. The van der Waals surface area contributed by atoms with E-state index in [1.54, 1.807) is 0 Å². The van der Waals surface area contributed by atoms with Crippen molar-refractivity contribution in [3.63, 3.8) is 0 Å². The molecule has 0 aliphatic rings. The first-order valence-electron chi connectivity index (χ1n) is 7.31. The maximum Gasteiger partial charge on any atom is 0.0606 e.